The number of likely N-dealkylation sites (tertiary alicyclic amines) is 1. The van der Waals surface area contributed by atoms with E-state index in [1.54, 1.807) is 6.07 Å². The van der Waals surface area contributed by atoms with Gasteiger partial charge in [0, 0.05) is 24.1 Å². The number of alkyl halides is 3. The van der Waals surface area contributed by atoms with Crippen molar-refractivity contribution in [2.24, 2.45) is 5.92 Å². The zero-order valence-corrected chi connectivity index (χ0v) is 18.4. The minimum absolute atomic E-state index is 0.0273. The quantitative estimate of drug-likeness (QED) is 0.619. The van der Waals surface area contributed by atoms with Crippen LogP contribution in [0.25, 0.3) is 17.0 Å². The lowest BCUT2D eigenvalue weighted by Crippen LogP contribution is -2.33. The molecule has 176 valence electrons. The van der Waals surface area contributed by atoms with Gasteiger partial charge in [-0.3, -0.25) is 0 Å². The van der Waals surface area contributed by atoms with Crippen LogP contribution in [-0.2, 0) is 6.42 Å². The van der Waals surface area contributed by atoms with Crippen LogP contribution in [-0.4, -0.2) is 63.9 Å². The van der Waals surface area contributed by atoms with Crippen LogP contribution in [0.1, 0.15) is 25.3 Å². The zero-order chi connectivity index (χ0) is 23.2. The molecule has 0 bridgehead atoms. The van der Waals surface area contributed by atoms with Gasteiger partial charge in [0.2, 0.25) is 5.65 Å². The van der Waals surface area contributed by atoms with E-state index in [9.17, 15) is 13.2 Å². The summed E-state index contributed by atoms with van der Waals surface area (Å²) in [5.74, 6) is 1.84. The van der Waals surface area contributed by atoms with Crippen molar-refractivity contribution >= 4 is 11.5 Å². The van der Waals surface area contributed by atoms with E-state index in [1.165, 1.54) is 22.7 Å². The monoisotopic (exact) mass is 462 g/mol. The van der Waals surface area contributed by atoms with Crippen molar-refractivity contribution in [1.82, 2.24) is 24.7 Å². The van der Waals surface area contributed by atoms with E-state index in [2.05, 4.69) is 32.2 Å². The minimum atomic E-state index is -4.78. The molecule has 1 N–H and O–H groups in total. The van der Waals surface area contributed by atoms with Crippen LogP contribution in [0, 0.1) is 5.92 Å². The maximum absolute atomic E-state index is 12.7. The Morgan fingerprint density at radius 3 is 2.76 bits per heavy atom. The predicted molar refractivity (Wildman–Crippen MR) is 115 cm³/mol. The number of ether oxygens (including phenoxy) is 2. The van der Waals surface area contributed by atoms with Crippen LogP contribution in [0.3, 0.4) is 0 Å². The summed E-state index contributed by atoms with van der Waals surface area (Å²) >= 11 is 0. The maximum atomic E-state index is 12.7. The summed E-state index contributed by atoms with van der Waals surface area (Å²) in [4.78, 5) is 2.33. The first-order valence-electron chi connectivity index (χ1n) is 11.0. The highest BCUT2D eigenvalue weighted by atomic mass is 19.4. The van der Waals surface area contributed by atoms with Gasteiger partial charge in [-0.15, -0.1) is 28.5 Å². The molecule has 33 heavy (non-hydrogen) atoms. The first-order valence-corrected chi connectivity index (χ1v) is 11.0. The van der Waals surface area contributed by atoms with Gasteiger partial charge >= 0.3 is 6.36 Å². The summed E-state index contributed by atoms with van der Waals surface area (Å²) in [7, 11) is 2.13. The van der Waals surface area contributed by atoms with Crippen LogP contribution >= 0.6 is 0 Å². The summed E-state index contributed by atoms with van der Waals surface area (Å²) in [6, 6.07) is 5.63. The van der Waals surface area contributed by atoms with E-state index in [-0.39, 0.29) is 11.9 Å². The maximum Gasteiger partial charge on any atom is 0.573 e. The van der Waals surface area contributed by atoms with Gasteiger partial charge in [-0.25, -0.2) is 0 Å². The van der Waals surface area contributed by atoms with Crippen molar-refractivity contribution in [3.8, 4) is 22.9 Å². The molecule has 0 aliphatic carbocycles. The van der Waals surface area contributed by atoms with Crippen molar-refractivity contribution in [2.75, 3.05) is 32.0 Å². The van der Waals surface area contributed by atoms with Crippen molar-refractivity contribution in [3.05, 3.63) is 29.8 Å². The molecule has 11 heteroatoms. The fourth-order valence-electron chi connectivity index (χ4n) is 4.42. The van der Waals surface area contributed by atoms with E-state index in [0.717, 1.165) is 38.0 Å². The van der Waals surface area contributed by atoms with Crippen LogP contribution in [0.2, 0.25) is 0 Å². The molecule has 1 fully saturated rings. The third kappa shape index (κ3) is 4.54. The lowest BCUT2D eigenvalue weighted by Gasteiger charge is -2.29. The summed E-state index contributed by atoms with van der Waals surface area (Å²) in [5.41, 5.74) is 1.80. The SMILES string of the molecule is CC1Cc2c(NCC3CCN(C)CC3)nn3c(-c4cccc(OC(F)(F)F)c4)nnc3c2O1. The van der Waals surface area contributed by atoms with Crippen molar-refractivity contribution in [2.45, 2.75) is 38.7 Å². The van der Waals surface area contributed by atoms with Crippen molar-refractivity contribution < 1.29 is 22.6 Å². The molecule has 1 atom stereocenters. The van der Waals surface area contributed by atoms with Crippen LogP contribution in [0.4, 0.5) is 19.0 Å². The molecule has 2 aliphatic heterocycles. The molecule has 2 aliphatic rings. The van der Waals surface area contributed by atoms with Gasteiger partial charge in [-0.1, -0.05) is 12.1 Å². The number of anilines is 1. The molecule has 8 nitrogen and oxygen atoms in total. The fraction of sp³-hybridized carbons (Fsp3) is 0.500. The molecule has 5 rings (SSSR count). The van der Waals surface area contributed by atoms with Crippen LogP contribution in [0.15, 0.2) is 24.3 Å². The number of nitrogens with one attached hydrogen (secondary N) is 1. The summed E-state index contributed by atoms with van der Waals surface area (Å²) in [5, 5.41) is 16.7. The van der Waals surface area contributed by atoms with E-state index >= 15 is 0 Å². The van der Waals surface area contributed by atoms with Gasteiger partial charge in [-0.05, 0) is 58.0 Å². The second-order valence-electron chi connectivity index (χ2n) is 8.75. The summed E-state index contributed by atoms with van der Waals surface area (Å²) in [6.45, 7) is 4.91. The molecule has 0 radical (unpaired) electrons. The molecular formula is C22H25F3N6O2. The Balaban J connectivity index is 1.49. The Hall–Kier alpha value is -3.08. The number of hydrogen-bond donors (Lipinski definition) is 1. The Morgan fingerprint density at radius 1 is 1.21 bits per heavy atom. The smallest absolute Gasteiger partial charge is 0.486 e. The molecule has 3 aromatic rings. The predicted octanol–water partition coefficient (Wildman–Crippen LogP) is 3.77. The highest BCUT2D eigenvalue weighted by Gasteiger charge is 2.32. The fourth-order valence-corrected chi connectivity index (χ4v) is 4.42. The Bertz CT molecular complexity index is 1160. The number of rotatable bonds is 5. The molecule has 0 spiro atoms. The summed E-state index contributed by atoms with van der Waals surface area (Å²) in [6.07, 6.45) is -1.87. The van der Waals surface area contributed by atoms with Crippen LogP contribution < -0.4 is 14.8 Å². The first-order chi connectivity index (χ1) is 15.8. The van der Waals surface area contributed by atoms with Crippen LogP contribution in [0.5, 0.6) is 11.5 Å². The third-order valence-corrected chi connectivity index (χ3v) is 6.14. The lowest BCUT2D eigenvalue weighted by atomic mass is 9.97. The molecular weight excluding hydrogens is 437 g/mol. The van der Waals surface area contributed by atoms with Gasteiger partial charge in [-0.2, -0.15) is 4.52 Å². The molecule has 0 saturated carbocycles. The number of hydrogen-bond acceptors (Lipinski definition) is 7. The van der Waals surface area contributed by atoms with E-state index in [0.29, 0.717) is 40.9 Å². The lowest BCUT2D eigenvalue weighted by molar-refractivity contribution is -0.274. The third-order valence-electron chi connectivity index (χ3n) is 6.14. The molecule has 2 aromatic heterocycles. The highest BCUT2D eigenvalue weighted by molar-refractivity contribution is 5.70. The average molecular weight is 462 g/mol. The standard InChI is InChI=1S/C22H25F3N6O2/c1-13-10-17-18(32-13)21-28-27-20(15-4-3-5-16(11-15)33-22(23,24)25)31(21)29-19(17)26-12-14-6-8-30(2)9-7-14/h3-5,11,13-14H,6-10,12H2,1-2H3,(H,26,29). The van der Waals surface area contributed by atoms with Gasteiger partial charge in [0.25, 0.3) is 0 Å². The number of aromatic nitrogens is 4. The average Bonchev–Trinajstić information content (AvgIpc) is 3.35. The molecule has 1 unspecified atom stereocenters. The van der Waals surface area contributed by atoms with Crippen molar-refractivity contribution in [1.29, 1.82) is 0 Å². The molecule has 0 amide bonds. The van der Waals surface area contributed by atoms with E-state index in [1.807, 2.05) is 6.92 Å². The van der Waals surface area contributed by atoms with E-state index in [4.69, 9.17) is 9.84 Å². The van der Waals surface area contributed by atoms with Crippen molar-refractivity contribution in [3.63, 3.8) is 0 Å². The second-order valence-corrected chi connectivity index (χ2v) is 8.75. The number of nitrogens with zero attached hydrogens (tertiary/aromatic N) is 5. The van der Waals surface area contributed by atoms with E-state index < -0.39 is 6.36 Å². The minimum Gasteiger partial charge on any atom is -0.486 e. The van der Waals surface area contributed by atoms with Gasteiger partial charge in [0.05, 0.1) is 0 Å². The highest BCUT2D eigenvalue weighted by Crippen LogP contribution is 2.38. The Morgan fingerprint density at radius 2 is 2.00 bits per heavy atom. The Kier molecular flexibility index (Phi) is 5.51. The number of piperidine rings is 1. The number of benzene rings is 1. The van der Waals surface area contributed by atoms with Gasteiger partial charge in [0.1, 0.15) is 11.9 Å². The Labute approximate surface area is 188 Å². The summed E-state index contributed by atoms with van der Waals surface area (Å²) < 4.78 is 49.6. The first kappa shape index (κ1) is 21.7. The molecule has 1 saturated heterocycles. The normalized spacial score (nSPS) is 19.5. The van der Waals surface area contributed by atoms with Gasteiger partial charge < -0.3 is 19.7 Å². The molecule has 4 heterocycles. The topological polar surface area (TPSA) is 76.8 Å². The second kappa shape index (κ2) is 8.36. The van der Waals surface area contributed by atoms with Gasteiger partial charge in [0.15, 0.2) is 17.4 Å². The largest absolute Gasteiger partial charge is 0.573 e. The zero-order valence-electron chi connectivity index (χ0n) is 18.4. The number of halogens is 3. The number of fused-ring (bicyclic) bond motifs is 3. The molecule has 1 aromatic carbocycles.